The lowest BCUT2D eigenvalue weighted by Gasteiger charge is -2.17. The van der Waals surface area contributed by atoms with Crippen LogP contribution >= 0.6 is 11.3 Å². The molecule has 0 bridgehead atoms. The molecule has 0 aliphatic heterocycles. The maximum atomic E-state index is 4.52. The van der Waals surface area contributed by atoms with Gasteiger partial charge in [0.2, 0.25) is 0 Å². The Balaban J connectivity index is 2.11. The van der Waals surface area contributed by atoms with Gasteiger partial charge in [-0.05, 0) is 32.9 Å². The van der Waals surface area contributed by atoms with Crippen molar-refractivity contribution in [3.8, 4) is 0 Å². The first-order chi connectivity index (χ1) is 9.40. The molecule has 4 nitrogen and oxygen atoms in total. The number of nitrogens with one attached hydrogen (secondary N) is 1. The fourth-order valence-electron chi connectivity index (χ4n) is 2.50. The third-order valence-corrected chi connectivity index (χ3v) is 4.69. The van der Waals surface area contributed by atoms with E-state index < -0.39 is 0 Å². The highest BCUT2D eigenvalue weighted by atomic mass is 32.1. The van der Waals surface area contributed by atoms with E-state index in [2.05, 4.69) is 62.3 Å². The van der Waals surface area contributed by atoms with Gasteiger partial charge in [0.25, 0.3) is 0 Å². The van der Waals surface area contributed by atoms with E-state index in [1.807, 2.05) is 23.1 Å². The highest BCUT2D eigenvalue weighted by Gasteiger charge is 2.16. The Bertz CT molecular complexity index is 583. The molecule has 5 heteroatoms. The predicted molar refractivity (Wildman–Crippen MR) is 86.6 cm³/mol. The number of hydrogen-bond donors (Lipinski definition) is 1. The lowest BCUT2D eigenvalue weighted by atomic mass is 10.2. The summed E-state index contributed by atoms with van der Waals surface area (Å²) in [6, 6.07) is 4.75. The first-order valence-electron chi connectivity index (χ1n) is 6.89. The molecule has 0 aliphatic rings. The molecule has 0 fully saturated rings. The van der Waals surface area contributed by atoms with Crippen LogP contribution in [0, 0.1) is 13.8 Å². The first-order valence-corrected chi connectivity index (χ1v) is 7.71. The lowest BCUT2D eigenvalue weighted by Crippen LogP contribution is -2.21. The molecule has 1 atom stereocenters. The second-order valence-corrected chi connectivity index (χ2v) is 6.78. The minimum atomic E-state index is 0.364. The Labute approximate surface area is 125 Å². The normalized spacial score (nSPS) is 12.7. The molecule has 0 radical (unpaired) electrons. The van der Waals surface area contributed by atoms with E-state index >= 15 is 0 Å². The van der Waals surface area contributed by atoms with Crippen LogP contribution in [-0.2, 0) is 13.6 Å². The van der Waals surface area contributed by atoms with Crippen LogP contribution < -0.4 is 10.2 Å². The minimum absolute atomic E-state index is 0.364. The predicted octanol–water partition coefficient (Wildman–Crippen LogP) is 3.02. The summed E-state index contributed by atoms with van der Waals surface area (Å²) in [5, 5.41) is 8.13. The number of aromatic nitrogens is 2. The van der Waals surface area contributed by atoms with Crippen LogP contribution in [-0.4, -0.2) is 23.9 Å². The second-order valence-electron chi connectivity index (χ2n) is 5.46. The smallest absolute Gasteiger partial charge is 0.130 e. The maximum absolute atomic E-state index is 4.52. The van der Waals surface area contributed by atoms with Crippen molar-refractivity contribution in [3.05, 3.63) is 33.1 Å². The monoisotopic (exact) mass is 292 g/mol. The van der Waals surface area contributed by atoms with Crippen molar-refractivity contribution in [2.45, 2.75) is 33.4 Å². The first kappa shape index (κ1) is 15.1. The fraction of sp³-hybridized carbons (Fsp3) is 0.533. The van der Waals surface area contributed by atoms with Crippen LogP contribution in [0.3, 0.4) is 0 Å². The molecule has 0 unspecified atom stereocenters. The van der Waals surface area contributed by atoms with Crippen LogP contribution in [0.2, 0.25) is 0 Å². The van der Waals surface area contributed by atoms with E-state index in [4.69, 9.17) is 0 Å². The molecule has 0 saturated heterocycles. The number of rotatable bonds is 5. The molecular formula is C15H24N4S. The van der Waals surface area contributed by atoms with Crippen LogP contribution in [0.5, 0.6) is 0 Å². The summed E-state index contributed by atoms with van der Waals surface area (Å²) in [6.07, 6.45) is 0. The van der Waals surface area contributed by atoms with Gasteiger partial charge in [-0.3, -0.25) is 4.68 Å². The van der Waals surface area contributed by atoms with Gasteiger partial charge in [-0.25, -0.2) is 0 Å². The van der Waals surface area contributed by atoms with Gasteiger partial charge in [-0.1, -0.05) is 0 Å². The van der Waals surface area contributed by atoms with E-state index in [0.29, 0.717) is 6.04 Å². The number of aryl methyl sites for hydroxylation is 3. The average molecular weight is 292 g/mol. The molecule has 2 aromatic heterocycles. The molecule has 20 heavy (non-hydrogen) atoms. The minimum Gasteiger partial charge on any atom is -0.363 e. The van der Waals surface area contributed by atoms with Gasteiger partial charge in [0.15, 0.2) is 0 Å². The summed E-state index contributed by atoms with van der Waals surface area (Å²) in [6.45, 7) is 7.28. The summed E-state index contributed by atoms with van der Waals surface area (Å²) < 4.78 is 1.95. The molecule has 0 aliphatic carbocycles. The zero-order valence-corrected chi connectivity index (χ0v) is 14.0. The zero-order valence-electron chi connectivity index (χ0n) is 13.2. The van der Waals surface area contributed by atoms with Crippen LogP contribution in [0.15, 0.2) is 12.1 Å². The average Bonchev–Trinajstić information content (AvgIpc) is 2.90. The Hall–Kier alpha value is -1.33. The van der Waals surface area contributed by atoms with Crippen LogP contribution in [0.4, 0.5) is 5.82 Å². The summed E-state index contributed by atoms with van der Waals surface area (Å²) in [5.41, 5.74) is 2.37. The molecule has 0 aromatic carbocycles. The SMILES string of the molecule is Cc1ccc([C@H](C)NCc2c(C)nn(C)c2N(C)C)s1. The molecular weight excluding hydrogens is 268 g/mol. The molecule has 0 saturated carbocycles. The maximum Gasteiger partial charge on any atom is 0.130 e. The number of hydrogen-bond acceptors (Lipinski definition) is 4. The van der Waals surface area contributed by atoms with E-state index in [1.54, 1.807) is 0 Å². The van der Waals surface area contributed by atoms with Gasteiger partial charge in [-0.15, -0.1) is 11.3 Å². The summed E-state index contributed by atoms with van der Waals surface area (Å²) >= 11 is 1.86. The summed E-state index contributed by atoms with van der Waals surface area (Å²) in [7, 11) is 6.12. The highest BCUT2D eigenvalue weighted by Crippen LogP contribution is 2.25. The molecule has 1 N–H and O–H groups in total. The van der Waals surface area contributed by atoms with Crippen molar-refractivity contribution in [1.29, 1.82) is 0 Å². The number of nitrogens with zero attached hydrogens (tertiary/aromatic N) is 3. The number of thiophene rings is 1. The van der Waals surface area contributed by atoms with Crippen molar-refractivity contribution in [2.75, 3.05) is 19.0 Å². The largest absolute Gasteiger partial charge is 0.363 e. The molecule has 2 aromatic rings. The standard InChI is InChI=1S/C15H24N4S/c1-10-7-8-14(20-10)12(3)16-9-13-11(2)17-19(6)15(13)18(4)5/h7-8,12,16H,9H2,1-6H3/t12-/m0/s1. The molecule has 2 rings (SSSR count). The van der Waals surface area contributed by atoms with Crippen molar-refractivity contribution in [2.24, 2.45) is 7.05 Å². The van der Waals surface area contributed by atoms with E-state index in [0.717, 1.165) is 12.2 Å². The molecule has 0 amide bonds. The number of anilines is 1. The summed E-state index contributed by atoms with van der Waals surface area (Å²) in [4.78, 5) is 4.87. The molecule has 2 heterocycles. The van der Waals surface area contributed by atoms with Gasteiger partial charge >= 0.3 is 0 Å². The second kappa shape index (κ2) is 5.97. The quantitative estimate of drug-likeness (QED) is 0.919. The van der Waals surface area contributed by atoms with Gasteiger partial charge in [-0.2, -0.15) is 5.10 Å². The Kier molecular flexibility index (Phi) is 4.50. The van der Waals surface area contributed by atoms with Crippen molar-refractivity contribution >= 4 is 17.2 Å². The summed E-state index contributed by atoms with van der Waals surface area (Å²) in [5.74, 6) is 1.17. The third-order valence-electron chi connectivity index (χ3n) is 3.51. The Morgan fingerprint density at radius 3 is 2.60 bits per heavy atom. The van der Waals surface area contributed by atoms with Gasteiger partial charge in [0.05, 0.1) is 5.69 Å². The van der Waals surface area contributed by atoms with Crippen LogP contribution in [0.1, 0.15) is 34.0 Å². The fourth-order valence-corrected chi connectivity index (χ4v) is 3.40. The van der Waals surface area contributed by atoms with E-state index in [9.17, 15) is 0 Å². The molecule has 0 spiro atoms. The van der Waals surface area contributed by atoms with Gasteiger partial charge in [0.1, 0.15) is 5.82 Å². The van der Waals surface area contributed by atoms with Crippen molar-refractivity contribution in [3.63, 3.8) is 0 Å². The van der Waals surface area contributed by atoms with Crippen LogP contribution in [0.25, 0.3) is 0 Å². The highest BCUT2D eigenvalue weighted by molar-refractivity contribution is 7.12. The van der Waals surface area contributed by atoms with E-state index in [1.165, 1.54) is 21.1 Å². The van der Waals surface area contributed by atoms with E-state index in [-0.39, 0.29) is 0 Å². The topological polar surface area (TPSA) is 33.1 Å². The third kappa shape index (κ3) is 3.04. The molecule has 110 valence electrons. The lowest BCUT2D eigenvalue weighted by molar-refractivity contribution is 0.581. The van der Waals surface area contributed by atoms with Crippen molar-refractivity contribution < 1.29 is 0 Å². The zero-order chi connectivity index (χ0) is 14.9. The Morgan fingerprint density at radius 1 is 1.35 bits per heavy atom. The van der Waals surface area contributed by atoms with Crippen molar-refractivity contribution in [1.82, 2.24) is 15.1 Å². The van der Waals surface area contributed by atoms with Gasteiger partial charge in [0, 0.05) is 49.0 Å². The Morgan fingerprint density at radius 2 is 2.05 bits per heavy atom. The van der Waals surface area contributed by atoms with Gasteiger partial charge < -0.3 is 10.2 Å².